The van der Waals surface area contributed by atoms with Crippen LogP contribution in [-0.4, -0.2) is 38.4 Å². The summed E-state index contributed by atoms with van der Waals surface area (Å²) in [6.07, 6.45) is 10.1. The molecule has 0 aromatic carbocycles. The number of rotatable bonds is 9. The van der Waals surface area contributed by atoms with E-state index in [1.165, 1.54) is 50.3 Å². The zero-order valence-electron chi connectivity index (χ0n) is 13.4. The van der Waals surface area contributed by atoms with E-state index in [4.69, 9.17) is 9.26 Å². The molecular formula is C14H34N2P2. The fourth-order valence-electron chi connectivity index (χ4n) is 2.72. The lowest BCUT2D eigenvalue weighted by Gasteiger charge is -2.27. The van der Waals surface area contributed by atoms with E-state index < -0.39 is 14.3 Å². The zero-order chi connectivity index (χ0) is 14.1. The van der Waals surface area contributed by atoms with Crippen LogP contribution in [0.1, 0.15) is 53.4 Å². The van der Waals surface area contributed by atoms with E-state index in [9.17, 15) is 0 Å². The summed E-state index contributed by atoms with van der Waals surface area (Å²) in [4.78, 5) is 0. The summed E-state index contributed by atoms with van der Waals surface area (Å²) in [5.74, 6) is 0. The van der Waals surface area contributed by atoms with Crippen LogP contribution in [0, 0.1) is 0 Å². The molecule has 0 aliphatic rings. The van der Waals surface area contributed by atoms with Crippen molar-refractivity contribution in [2.45, 2.75) is 53.4 Å². The van der Waals surface area contributed by atoms with Crippen molar-refractivity contribution in [2.75, 3.05) is 38.4 Å². The van der Waals surface area contributed by atoms with Crippen LogP contribution in [0.25, 0.3) is 0 Å². The van der Waals surface area contributed by atoms with Gasteiger partial charge in [-0.3, -0.25) is 9.26 Å². The fraction of sp³-hybridized carbons (Fsp3) is 1.00. The maximum atomic E-state index is 5.47. The minimum absolute atomic E-state index is 1.09. The van der Waals surface area contributed by atoms with Crippen molar-refractivity contribution in [3.8, 4) is 0 Å². The summed E-state index contributed by atoms with van der Waals surface area (Å²) in [6, 6.07) is 0. The van der Waals surface area contributed by atoms with Crippen LogP contribution in [0.3, 0.4) is 0 Å². The van der Waals surface area contributed by atoms with E-state index in [0.29, 0.717) is 0 Å². The second-order valence-electron chi connectivity index (χ2n) is 5.40. The molecule has 0 saturated heterocycles. The number of hydrogen-bond acceptors (Lipinski definition) is 1. The van der Waals surface area contributed by atoms with Crippen LogP contribution in [0.2, 0.25) is 0 Å². The van der Waals surface area contributed by atoms with E-state index in [0.717, 1.165) is 0 Å². The molecule has 0 aromatic rings. The Kier molecular flexibility index (Phi) is 9.62. The molecule has 0 aromatic heterocycles. The average molecular weight is 292 g/mol. The molecule has 0 spiro atoms. The van der Waals surface area contributed by atoms with Gasteiger partial charge in [-0.1, -0.05) is 40.5 Å². The van der Waals surface area contributed by atoms with Crippen molar-refractivity contribution in [2.24, 2.45) is 9.26 Å². The molecule has 2 nitrogen and oxygen atoms in total. The molecule has 0 amide bonds. The van der Waals surface area contributed by atoms with Crippen LogP contribution in [0.5, 0.6) is 0 Å². The molecule has 4 heteroatoms. The van der Waals surface area contributed by atoms with Gasteiger partial charge in [-0.25, -0.2) is 0 Å². The van der Waals surface area contributed by atoms with E-state index in [1.807, 2.05) is 7.05 Å². The minimum Gasteiger partial charge on any atom is -0.284 e. The highest BCUT2D eigenvalue weighted by Gasteiger charge is 2.20. The largest absolute Gasteiger partial charge is 0.284 e. The number of hydrogen-bond donors (Lipinski definition) is 0. The van der Waals surface area contributed by atoms with Crippen molar-refractivity contribution >= 4 is 14.3 Å². The molecule has 110 valence electrons. The second-order valence-corrected chi connectivity index (χ2v) is 12.7. The third-order valence-electron chi connectivity index (χ3n) is 3.33. The molecule has 0 saturated carbocycles. The van der Waals surface area contributed by atoms with Gasteiger partial charge in [-0.05, 0) is 38.9 Å². The lowest BCUT2D eigenvalue weighted by Crippen LogP contribution is -1.97. The van der Waals surface area contributed by atoms with Gasteiger partial charge < -0.3 is 0 Å². The third-order valence-corrected chi connectivity index (χ3v) is 12.3. The van der Waals surface area contributed by atoms with Gasteiger partial charge in [0.15, 0.2) is 0 Å². The molecule has 0 N–H and O–H groups in total. The molecule has 0 radical (unpaired) electrons. The molecular weight excluding hydrogens is 258 g/mol. The monoisotopic (exact) mass is 292 g/mol. The molecule has 0 aliphatic heterocycles. The molecule has 0 rings (SSSR count). The normalized spacial score (nSPS) is 12.6. The maximum absolute atomic E-state index is 5.47. The van der Waals surface area contributed by atoms with Crippen molar-refractivity contribution in [1.29, 1.82) is 0 Å². The van der Waals surface area contributed by atoms with Gasteiger partial charge in [0.2, 0.25) is 0 Å². The van der Waals surface area contributed by atoms with Gasteiger partial charge in [-0.2, -0.15) is 0 Å². The summed E-state index contributed by atoms with van der Waals surface area (Å²) in [7, 11) is -0.426. The third kappa shape index (κ3) is 6.07. The highest BCUT2D eigenvalue weighted by molar-refractivity contribution is 7.76. The topological polar surface area (TPSA) is 24.7 Å². The molecule has 0 fully saturated rings. The Hall–Kier alpha value is 0.460. The van der Waals surface area contributed by atoms with Crippen LogP contribution in [-0.2, 0) is 0 Å². The first kappa shape index (κ1) is 18.5. The van der Waals surface area contributed by atoms with E-state index in [-0.39, 0.29) is 0 Å². The summed E-state index contributed by atoms with van der Waals surface area (Å²) in [5, 5.41) is 0. The van der Waals surface area contributed by atoms with Gasteiger partial charge >= 0.3 is 0 Å². The van der Waals surface area contributed by atoms with E-state index in [2.05, 4.69) is 34.4 Å². The number of nitrogens with zero attached hydrogens (tertiary/aromatic N) is 2. The Bertz CT molecular complexity index is 302. The van der Waals surface area contributed by atoms with Gasteiger partial charge in [0, 0.05) is 19.4 Å². The van der Waals surface area contributed by atoms with E-state index >= 15 is 0 Å². The Morgan fingerprint density at radius 2 is 1.11 bits per heavy atom. The Morgan fingerprint density at radius 1 is 0.722 bits per heavy atom. The minimum atomic E-state index is -1.36. The molecule has 0 bridgehead atoms. The van der Waals surface area contributed by atoms with Crippen LogP contribution in [0.15, 0.2) is 9.26 Å². The average Bonchev–Trinajstić information content (AvgIpc) is 2.30. The fourth-order valence-corrected chi connectivity index (χ4v) is 11.9. The summed E-state index contributed by atoms with van der Waals surface area (Å²) >= 11 is 0. The Balaban J connectivity index is 5.44. The predicted molar refractivity (Wildman–Crippen MR) is 91.2 cm³/mol. The summed E-state index contributed by atoms with van der Waals surface area (Å²) in [6.45, 7) is 11.6. The first-order chi connectivity index (χ1) is 8.51. The maximum Gasteiger partial charge on any atom is 0.0720 e. The quantitative estimate of drug-likeness (QED) is 0.452. The van der Waals surface area contributed by atoms with Gasteiger partial charge in [-0.15, -0.1) is 0 Å². The second kappa shape index (κ2) is 9.38. The van der Waals surface area contributed by atoms with Crippen molar-refractivity contribution in [1.82, 2.24) is 0 Å². The SMILES string of the molecule is CCCP(C)(CCC)=NP(CCC)(CCC)=NC. The van der Waals surface area contributed by atoms with Crippen molar-refractivity contribution < 1.29 is 0 Å². The molecule has 0 atom stereocenters. The standard InChI is InChI=1S/C14H34N2P2/c1-7-11-17(6,12-8-2)16-18(15-5,13-9-3)14-10-4/h7-14H2,1-6H3. The van der Waals surface area contributed by atoms with Crippen LogP contribution < -0.4 is 0 Å². The molecule has 0 heterocycles. The van der Waals surface area contributed by atoms with Crippen molar-refractivity contribution in [3.63, 3.8) is 0 Å². The van der Waals surface area contributed by atoms with Crippen LogP contribution in [0.4, 0.5) is 0 Å². The summed E-state index contributed by atoms with van der Waals surface area (Å²) in [5.41, 5.74) is 0. The molecule has 18 heavy (non-hydrogen) atoms. The molecule has 0 unspecified atom stereocenters. The highest BCUT2D eigenvalue weighted by Crippen LogP contribution is 2.62. The summed E-state index contributed by atoms with van der Waals surface area (Å²) < 4.78 is 10.3. The van der Waals surface area contributed by atoms with Gasteiger partial charge in [0.05, 0.1) is 7.21 Å². The first-order valence-electron chi connectivity index (χ1n) is 7.59. The van der Waals surface area contributed by atoms with Crippen LogP contribution >= 0.6 is 14.3 Å². The Labute approximate surface area is 116 Å². The van der Waals surface area contributed by atoms with E-state index in [1.54, 1.807) is 0 Å². The smallest absolute Gasteiger partial charge is 0.0720 e. The van der Waals surface area contributed by atoms with Crippen molar-refractivity contribution in [3.05, 3.63) is 0 Å². The zero-order valence-corrected chi connectivity index (χ0v) is 15.2. The van der Waals surface area contributed by atoms with Gasteiger partial charge in [0.25, 0.3) is 0 Å². The molecule has 0 aliphatic carbocycles. The predicted octanol–water partition coefficient (Wildman–Crippen LogP) is 6.20. The Morgan fingerprint density at radius 3 is 1.39 bits per heavy atom. The lowest BCUT2D eigenvalue weighted by molar-refractivity contribution is 1.03. The first-order valence-corrected chi connectivity index (χ1v) is 12.2. The van der Waals surface area contributed by atoms with Gasteiger partial charge in [0.1, 0.15) is 0 Å². The highest BCUT2D eigenvalue weighted by atomic mass is 31.2. The lowest BCUT2D eigenvalue weighted by atomic mass is 10.6.